The number of anilines is 1. The van der Waals surface area contributed by atoms with Gasteiger partial charge in [0.05, 0.1) is 11.6 Å². The average Bonchev–Trinajstić information content (AvgIpc) is 3.43. The summed E-state index contributed by atoms with van der Waals surface area (Å²) in [6.45, 7) is 0. The number of hydrogen-bond donors (Lipinski definition) is 1. The minimum Gasteiger partial charge on any atom is -0.423 e. The van der Waals surface area contributed by atoms with Crippen molar-refractivity contribution in [2.45, 2.75) is 62.3 Å². The predicted molar refractivity (Wildman–Crippen MR) is 150 cm³/mol. The third-order valence-corrected chi connectivity index (χ3v) is 10.5. The van der Waals surface area contributed by atoms with Gasteiger partial charge in [-0.05, 0) is 121 Å². The summed E-state index contributed by atoms with van der Waals surface area (Å²) in [5, 5.41) is 3.92. The monoisotopic (exact) mass is 501 g/mol. The fraction of sp³-hybridized carbons (Fsp3) is 0.400. The van der Waals surface area contributed by atoms with E-state index in [2.05, 4.69) is 47.8 Å². The molecular formula is C35H35NO2. The van der Waals surface area contributed by atoms with Crippen LogP contribution in [0.1, 0.15) is 84.0 Å². The van der Waals surface area contributed by atoms with Gasteiger partial charge in [0.15, 0.2) is 0 Å². The van der Waals surface area contributed by atoms with Gasteiger partial charge >= 0.3 is 5.97 Å². The SMILES string of the molecule is O=C(Oc1ccc([C@@H]2Nc3ccc(C45CC6CC(CC(C6)C4)C5)cc3[C@H]3C=CC[C@@H]32)cc1)c1ccccc1. The molecule has 3 aromatic rings. The molecule has 6 aliphatic rings. The summed E-state index contributed by atoms with van der Waals surface area (Å²) < 4.78 is 5.63. The average molecular weight is 502 g/mol. The Morgan fingerprint density at radius 3 is 2.26 bits per heavy atom. The summed E-state index contributed by atoms with van der Waals surface area (Å²) >= 11 is 0. The molecule has 4 fully saturated rings. The summed E-state index contributed by atoms with van der Waals surface area (Å²) in [4.78, 5) is 12.5. The molecule has 192 valence electrons. The third kappa shape index (κ3) is 3.66. The van der Waals surface area contributed by atoms with E-state index in [0.717, 1.165) is 24.2 Å². The second-order valence-electron chi connectivity index (χ2n) is 12.8. The Bertz CT molecular complexity index is 1370. The van der Waals surface area contributed by atoms with Gasteiger partial charge in [0.25, 0.3) is 0 Å². The lowest BCUT2D eigenvalue weighted by Gasteiger charge is -2.57. The summed E-state index contributed by atoms with van der Waals surface area (Å²) in [5.41, 5.74) is 6.66. The van der Waals surface area contributed by atoms with Crippen molar-refractivity contribution in [1.29, 1.82) is 0 Å². The molecule has 3 nitrogen and oxygen atoms in total. The Balaban J connectivity index is 1.05. The van der Waals surface area contributed by atoms with Crippen LogP contribution < -0.4 is 10.1 Å². The molecule has 1 N–H and O–H groups in total. The van der Waals surface area contributed by atoms with E-state index >= 15 is 0 Å². The Morgan fingerprint density at radius 2 is 1.55 bits per heavy atom. The second kappa shape index (κ2) is 8.59. The van der Waals surface area contributed by atoms with Gasteiger partial charge in [-0.1, -0.05) is 54.6 Å². The van der Waals surface area contributed by atoms with Crippen molar-refractivity contribution < 1.29 is 9.53 Å². The first-order chi connectivity index (χ1) is 18.6. The van der Waals surface area contributed by atoms with Crippen LogP contribution in [0.3, 0.4) is 0 Å². The molecule has 1 heterocycles. The number of esters is 1. The van der Waals surface area contributed by atoms with Crippen LogP contribution in [0, 0.1) is 23.7 Å². The molecular weight excluding hydrogens is 466 g/mol. The predicted octanol–water partition coefficient (Wildman–Crippen LogP) is 8.20. The largest absolute Gasteiger partial charge is 0.423 e. The van der Waals surface area contributed by atoms with Crippen molar-refractivity contribution in [2.75, 3.05) is 5.32 Å². The number of hydrogen-bond acceptors (Lipinski definition) is 3. The van der Waals surface area contributed by atoms with Gasteiger partial charge in [0, 0.05) is 11.6 Å². The molecule has 9 rings (SSSR count). The Hall–Kier alpha value is -3.33. The zero-order chi connectivity index (χ0) is 25.3. The molecule has 0 aromatic heterocycles. The molecule has 0 spiro atoms. The summed E-state index contributed by atoms with van der Waals surface area (Å²) in [5.74, 6) is 4.13. The minimum absolute atomic E-state index is 0.242. The highest BCUT2D eigenvalue weighted by molar-refractivity contribution is 5.90. The fourth-order valence-corrected chi connectivity index (χ4v) is 9.20. The Labute approximate surface area is 225 Å². The van der Waals surface area contributed by atoms with Crippen LogP contribution in [-0.2, 0) is 5.41 Å². The van der Waals surface area contributed by atoms with Gasteiger partial charge in [-0.25, -0.2) is 4.79 Å². The molecule has 4 saturated carbocycles. The zero-order valence-corrected chi connectivity index (χ0v) is 21.8. The molecule has 3 heteroatoms. The van der Waals surface area contributed by atoms with Gasteiger partial charge in [-0.15, -0.1) is 0 Å². The number of rotatable bonds is 4. The number of fused-ring (bicyclic) bond motifs is 3. The molecule has 3 aromatic carbocycles. The first-order valence-electron chi connectivity index (χ1n) is 14.6. The maximum atomic E-state index is 12.5. The van der Waals surface area contributed by atoms with Gasteiger partial charge in [-0.2, -0.15) is 0 Å². The number of carbonyl (C=O) groups excluding carboxylic acids is 1. The molecule has 0 radical (unpaired) electrons. The van der Waals surface area contributed by atoms with E-state index in [0.29, 0.717) is 28.6 Å². The van der Waals surface area contributed by atoms with Crippen LogP contribution in [0.4, 0.5) is 5.69 Å². The Kier molecular flexibility index (Phi) is 5.12. The molecule has 1 aliphatic heterocycles. The minimum atomic E-state index is -0.321. The molecule has 0 unspecified atom stereocenters. The van der Waals surface area contributed by atoms with Gasteiger partial charge in [-0.3, -0.25) is 0 Å². The van der Waals surface area contributed by atoms with Crippen LogP contribution in [0.15, 0.2) is 84.9 Å². The van der Waals surface area contributed by atoms with E-state index in [-0.39, 0.29) is 12.0 Å². The maximum absolute atomic E-state index is 12.5. The van der Waals surface area contributed by atoms with Crippen LogP contribution in [0.5, 0.6) is 5.75 Å². The molecule has 4 bridgehead atoms. The smallest absolute Gasteiger partial charge is 0.343 e. The van der Waals surface area contributed by atoms with E-state index in [4.69, 9.17) is 4.74 Å². The highest BCUT2D eigenvalue weighted by atomic mass is 16.5. The first-order valence-corrected chi connectivity index (χ1v) is 14.6. The van der Waals surface area contributed by atoms with Crippen LogP contribution in [0.25, 0.3) is 0 Å². The standard InChI is InChI=1S/C35H35NO2/c37-34(26-5-2-1-3-6-26)38-28-12-9-25(10-13-28)33-30-8-4-7-29(30)31-18-27(11-14-32(31)36-33)35-19-22-15-23(20-35)17-24(16-22)21-35/h1-7,9-14,18,22-24,29-30,33,36H,8,15-17,19-21H2/t22?,23?,24?,29-,30-,33-,35?/m0/s1. The van der Waals surface area contributed by atoms with Crippen LogP contribution in [0.2, 0.25) is 0 Å². The number of benzene rings is 3. The number of nitrogens with one attached hydrogen (secondary N) is 1. The van der Waals surface area contributed by atoms with E-state index in [1.54, 1.807) is 17.7 Å². The summed E-state index contributed by atoms with van der Waals surface area (Å²) in [6.07, 6.45) is 14.6. The molecule has 0 saturated heterocycles. The van der Waals surface area contributed by atoms with Crippen molar-refractivity contribution in [1.82, 2.24) is 0 Å². The first kappa shape index (κ1) is 22.6. The highest BCUT2D eigenvalue weighted by Crippen LogP contribution is 2.61. The van der Waals surface area contributed by atoms with Gasteiger partial charge in [0.2, 0.25) is 0 Å². The molecule has 5 aliphatic carbocycles. The van der Waals surface area contributed by atoms with Crippen molar-refractivity contribution in [3.8, 4) is 5.75 Å². The van der Waals surface area contributed by atoms with Crippen molar-refractivity contribution in [3.05, 3.63) is 107 Å². The summed E-state index contributed by atoms with van der Waals surface area (Å²) in [6, 6.07) is 25.0. The molecule has 38 heavy (non-hydrogen) atoms. The van der Waals surface area contributed by atoms with Gasteiger partial charge in [0.1, 0.15) is 5.75 Å². The topological polar surface area (TPSA) is 38.3 Å². The lowest BCUT2D eigenvalue weighted by Crippen LogP contribution is -2.48. The zero-order valence-electron chi connectivity index (χ0n) is 21.8. The van der Waals surface area contributed by atoms with Gasteiger partial charge < -0.3 is 10.1 Å². The number of ether oxygens (including phenoxy) is 1. The van der Waals surface area contributed by atoms with E-state index in [1.165, 1.54) is 55.3 Å². The third-order valence-electron chi connectivity index (χ3n) is 10.5. The lowest BCUT2D eigenvalue weighted by molar-refractivity contribution is -0.00523. The maximum Gasteiger partial charge on any atom is 0.343 e. The van der Waals surface area contributed by atoms with Crippen molar-refractivity contribution in [2.24, 2.45) is 23.7 Å². The molecule has 3 atom stereocenters. The van der Waals surface area contributed by atoms with E-state index < -0.39 is 0 Å². The lowest BCUT2D eigenvalue weighted by atomic mass is 9.48. The second-order valence-corrected chi connectivity index (χ2v) is 12.8. The quantitative estimate of drug-likeness (QED) is 0.222. The highest BCUT2D eigenvalue weighted by Gasteiger charge is 2.52. The number of carbonyl (C=O) groups is 1. The normalized spacial score (nSPS) is 33.9. The fourth-order valence-electron chi connectivity index (χ4n) is 9.20. The number of allylic oxidation sites excluding steroid dienone is 2. The molecule has 0 amide bonds. The Morgan fingerprint density at radius 1 is 0.842 bits per heavy atom. The van der Waals surface area contributed by atoms with Crippen molar-refractivity contribution in [3.63, 3.8) is 0 Å². The van der Waals surface area contributed by atoms with Crippen LogP contribution in [-0.4, -0.2) is 5.97 Å². The van der Waals surface area contributed by atoms with Crippen LogP contribution >= 0.6 is 0 Å². The van der Waals surface area contributed by atoms with E-state index in [9.17, 15) is 4.79 Å². The summed E-state index contributed by atoms with van der Waals surface area (Å²) in [7, 11) is 0. The van der Waals surface area contributed by atoms with Crippen molar-refractivity contribution >= 4 is 11.7 Å². The van der Waals surface area contributed by atoms with E-state index in [1.807, 2.05) is 30.3 Å².